The molecule has 2 unspecified atom stereocenters. The van der Waals surface area contributed by atoms with Crippen LogP contribution in [0.1, 0.15) is 25.5 Å². The van der Waals surface area contributed by atoms with E-state index in [4.69, 9.17) is 11.6 Å². The third kappa shape index (κ3) is 4.33. The van der Waals surface area contributed by atoms with E-state index in [1.54, 1.807) is 19.1 Å². The van der Waals surface area contributed by atoms with Crippen LogP contribution in [0.25, 0.3) is 0 Å². The molecule has 0 fully saturated rings. The number of amides is 3. The Morgan fingerprint density at radius 3 is 2.28 bits per heavy atom. The number of hydrogen-bond donors (Lipinski definition) is 2. The van der Waals surface area contributed by atoms with E-state index in [1.165, 1.54) is 19.1 Å². The van der Waals surface area contributed by atoms with Gasteiger partial charge in [-0.1, -0.05) is 12.1 Å². The Balaban J connectivity index is 2.54. The van der Waals surface area contributed by atoms with Crippen molar-refractivity contribution in [2.24, 2.45) is 0 Å². The summed E-state index contributed by atoms with van der Waals surface area (Å²) in [5.74, 6) is -0.915. The van der Waals surface area contributed by atoms with Gasteiger partial charge in [-0.05, 0) is 31.5 Å². The van der Waals surface area contributed by atoms with Gasteiger partial charge in [-0.3, -0.25) is 10.1 Å². The molecule has 0 aliphatic heterocycles. The van der Waals surface area contributed by atoms with Gasteiger partial charge in [-0.2, -0.15) is 0 Å². The molecule has 1 aromatic carbocycles. The summed E-state index contributed by atoms with van der Waals surface area (Å²) in [7, 11) is 0. The molecule has 0 radical (unpaired) electrons. The van der Waals surface area contributed by atoms with Crippen molar-refractivity contribution in [2.75, 3.05) is 0 Å². The molecule has 0 bridgehead atoms. The Labute approximate surface area is 110 Å². The van der Waals surface area contributed by atoms with E-state index in [-0.39, 0.29) is 11.9 Å². The van der Waals surface area contributed by atoms with E-state index < -0.39 is 17.3 Å². The summed E-state index contributed by atoms with van der Waals surface area (Å²) < 4.78 is 12.7. The van der Waals surface area contributed by atoms with Gasteiger partial charge < -0.3 is 5.32 Å². The molecule has 3 amide bonds. The number of carbonyl (C=O) groups excluding carboxylic acids is 2. The van der Waals surface area contributed by atoms with E-state index in [9.17, 15) is 14.0 Å². The maximum atomic E-state index is 12.7. The van der Waals surface area contributed by atoms with Gasteiger partial charge in [-0.25, -0.2) is 9.18 Å². The van der Waals surface area contributed by atoms with Crippen LogP contribution in [-0.4, -0.2) is 17.3 Å². The smallest absolute Gasteiger partial charge is 0.321 e. The molecule has 0 saturated carbocycles. The summed E-state index contributed by atoms with van der Waals surface area (Å²) in [5, 5.41) is 3.87. The zero-order valence-electron chi connectivity index (χ0n) is 10.0. The van der Waals surface area contributed by atoms with Crippen molar-refractivity contribution in [2.45, 2.75) is 25.3 Å². The summed E-state index contributed by atoms with van der Waals surface area (Å²) in [6.45, 7) is 3.19. The summed E-state index contributed by atoms with van der Waals surface area (Å²) >= 11 is 5.51. The van der Waals surface area contributed by atoms with Gasteiger partial charge >= 0.3 is 6.03 Å². The van der Waals surface area contributed by atoms with Crippen LogP contribution < -0.4 is 10.6 Å². The molecule has 6 heteroatoms. The first-order chi connectivity index (χ1) is 8.40. The zero-order valence-corrected chi connectivity index (χ0v) is 10.8. The second-order valence-corrected chi connectivity index (χ2v) is 4.51. The maximum absolute atomic E-state index is 12.7. The van der Waals surface area contributed by atoms with Crippen LogP contribution in [0.5, 0.6) is 0 Å². The molecule has 98 valence electrons. The number of halogens is 2. The van der Waals surface area contributed by atoms with E-state index in [1.807, 2.05) is 0 Å². The first-order valence-electron chi connectivity index (χ1n) is 5.41. The normalized spacial score (nSPS) is 13.6. The molecule has 1 rings (SSSR count). The van der Waals surface area contributed by atoms with E-state index in [0.29, 0.717) is 0 Å². The third-order valence-electron chi connectivity index (χ3n) is 2.32. The minimum atomic E-state index is -0.781. The largest absolute Gasteiger partial charge is 0.331 e. The van der Waals surface area contributed by atoms with E-state index in [0.717, 1.165) is 5.56 Å². The van der Waals surface area contributed by atoms with Crippen LogP contribution in [0.15, 0.2) is 24.3 Å². The molecule has 2 atom stereocenters. The molecule has 18 heavy (non-hydrogen) atoms. The molecule has 0 spiro atoms. The fourth-order valence-electron chi connectivity index (χ4n) is 1.28. The lowest BCUT2D eigenvalue weighted by Gasteiger charge is -2.14. The van der Waals surface area contributed by atoms with Crippen molar-refractivity contribution in [3.8, 4) is 0 Å². The lowest BCUT2D eigenvalue weighted by Crippen LogP contribution is -2.43. The van der Waals surface area contributed by atoms with Gasteiger partial charge in [0.2, 0.25) is 5.91 Å². The van der Waals surface area contributed by atoms with Gasteiger partial charge in [0.1, 0.15) is 11.2 Å². The maximum Gasteiger partial charge on any atom is 0.321 e. The number of benzene rings is 1. The van der Waals surface area contributed by atoms with E-state index >= 15 is 0 Å². The highest BCUT2D eigenvalue weighted by Gasteiger charge is 2.15. The lowest BCUT2D eigenvalue weighted by atomic mass is 10.1. The Bertz CT molecular complexity index is 434. The first kappa shape index (κ1) is 14.4. The van der Waals surface area contributed by atoms with Crippen molar-refractivity contribution in [1.82, 2.24) is 10.6 Å². The quantitative estimate of drug-likeness (QED) is 0.830. The summed E-state index contributed by atoms with van der Waals surface area (Å²) in [6.07, 6.45) is 0. The molecule has 0 aliphatic carbocycles. The summed E-state index contributed by atoms with van der Waals surface area (Å²) in [6, 6.07) is 4.75. The summed E-state index contributed by atoms with van der Waals surface area (Å²) in [4.78, 5) is 22.6. The van der Waals surface area contributed by atoms with Gasteiger partial charge in [0, 0.05) is 0 Å². The SMILES string of the molecule is CC(Cl)C(=O)NC(=O)NC(C)c1ccc(F)cc1. The first-order valence-corrected chi connectivity index (χ1v) is 5.84. The fourth-order valence-corrected chi connectivity index (χ4v) is 1.33. The summed E-state index contributed by atoms with van der Waals surface area (Å²) in [5.41, 5.74) is 0.734. The molecule has 0 aromatic heterocycles. The molecule has 4 nitrogen and oxygen atoms in total. The van der Waals surface area contributed by atoms with Crippen LogP contribution in [0, 0.1) is 5.82 Å². The molecule has 0 saturated heterocycles. The number of carbonyl (C=O) groups is 2. The molecule has 2 N–H and O–H groups in total. The van der Waals surface area contributed by atoms with Crippen LogP contribution in [-0.2, 0) is 4.79 Å². The highest BCUT2D eigenvalue weighted by atomic mass is 35.5. The van der Waals surface area contributed by atoms with Crippen LogP contribution in [0.4, 0.5) is 9.18 Å². The Kier molecular flexibility index (Phi) is 5.09. The highest BCUT2D eigenvalue weighted by Crippen LogP contribution is 2.12. The monoisotopic (exact) mass is 272 g/mol. The average molecular weight is 273 g/mol. The number of imide groups is 1. The Morgan fingerprint density at radius 1 is 1.22 bits per heavy atom. The van der Waals surface area contributed by atoms with Gasteiger partial charge in [0.05, 0.1) is 6.04 Å². The van der Waals surface area contributed by atoms with Gasteiger partial charge in [0.25, 0.3) is 0 Å². The van der Waals surface area contributed by atoms with E-state index in [2.05, 4.69) is 10.6 Å². The van der Waals surface area contributed by atoms with Crippen molar-refractivity contribution in [3.63, 3.8) is 0 Å². The standard InChI is InChI=1S/C12H14ClFN2O2/c1-7(13)11(17)16-12(18)15-8(2)9-3-5-10(14)6-4-9/h3-8H,1-2H3,(H2,15,16,17,18). The second kappa shape index (κ2) is 6.35. The van der Waals surface area contributed by atoms with Crippen LogP contribution >= 0.6 is 11.6 Å². The highest BCUT2D eigenvalue weighted by molar-refractivity contribution is 6.31. The van der Waals surface area contributed by atoms with Crippen molar-refractivity contribution in [1.29, 1.82) is 0 Å². The predicted molar refractivity (Wildman–Crippen MR) is 66.8 cm³/mol. The Hall–Kier alpha value is -1.62. The predicted octanol–water partition coefficient (Wildman–Crippen LogP) is 2.34. The van der Waals surface area contributed by atoms with Crippen molar-refractivity contribution < 1.29 is 14.0 Å². The molecular weight excluding hydrogens is 259 g/mol. The Morgan fingerprint density at radius 2 is 1.78 bits per heavy atom. The average Bonchev–Trinajstić information content (AvgIpc) is 2.29. The number of hydrogen-bond acceptors (Lipinski definition) is 2. The molecular formula is C12H14ClFN2O2. The van der Waals surface area contributed by atoms with Crippen LogP contribution in [0.2, 0.25) is 0 Å². The minimum Gasteiger partial charge on any atom is -0.331 e. The minimum absolute atomic E-state index is 0.343. The third-order valence-corrected chi connectivity index (χ3v) is 2.51. The number of nitrogens with one attached hydrogen (secondary N) is 2. The molecule has 1 aromatic rings. The molecule has 0 heterocycles. The fraction of sp³-hybridized carbons (Fsp3) is 0.333. The topological polar surface area (TPSA) is 58.2 Å². The molecule has 0 aliphatic rings. The number of rotatable bonds is 3. The second-order valence-electron chi connectivity index (χ2n) is 3.85. The number of alkyl halides is 1. The zero-order chi connectivity index (χ0) is 13.7. The van der Waals surface area contributed by atoms with Crippen LogP contribution in [0.3, 0.4) is 0 Å². The van der Waals surface area contributed by atoms with Gasteiger partial charge in [0.15, 0.2) is 0 Å². The van der Waals surface area contributed by atoms with Crippen molar-refractivity contribution in [3.05, 3.63) is 35.6 Å². The van der Waals surface area contributed by atoms with Crippen molar-refractivity contribution >= 4 is 23.5 Å². The lowest BCUT2D eigenvalue weighted by molar-refractivity contribution is -0.119. The van der Waals surface area contributed by atoms with Gasteiger partial charge in [-0.15, -0.1) is 11.6 Å². The number of urea groups is 1.